The molecule has 0 heterocycles. The predicted molar refractivity (Wildman–Crippen MR) is 48.5 cm³/mol. The van der Waals surface area contributed by atoms with Crippen LogP contribution in [0.15, 0.2) is 12.1 Å². The Bertz CT molecular complexity index is 323. The van der Waals surface area contributed by atoms with Crippen molar-refractivity contribution in [3.63, 3.8) is 0 Å². The van der Waals surface area contributed by atoms with E-state index in [4.69, 9.17) is 23.8 Å². The number of hydrogen-bond acceptors (Lipinski definition) is 1. The Morgan fingerprint density at radius 2 is 2.18 bits per heavy atom. The van der Waals surface area contributed by atoms with Gasteiger partial charge in [0.25, 0.3) is 0 Å². The van der Waals surface area contributed by atoms with Gasteiger partial charge in [0.15, 0.2) is 0 Å². The van der Waals surface area contributed by atoms with Crippen LogP contribution < -0.4 is 5.73 Å². The van der Waals surface area contributed by atoms with Crippen LogP contribution in [0, 0.1) is 19.3 Å². The van der Waals surface area contributed by atoms with Gasteiger partial charge in [-0.15, -0.1) is 6.42 Å². The molecule has 0 aliphatic heterocycles. The second-order valence-electron chi connectivity index (χ2n) is 2.31. The van der Waals surface area contributed by atoms with Crippen LogP contribution in [0.25, 0.3) is 0 Å². The molecule has 1 aromatic carbocycles. The summed E-state index contributed by atoms with van der Waals surface area (Å²) in [6, 6.07) is 3.42. The van der Waals surface area contributed by atoms with Crippen molar-refractivity contribution in [1.82, 2.24) is 0 Å². The number of hydrogen-bond donors (Lipinski definition) is 1. The molecule has 0 atom stereocenters. The van der Waals surface area contributed by atoms with Crippen LogP contribution in [0.5, 0.6) is 0 Å². The van der Waals surface area contributed by atoms with E-state index in [1.54, 1.807) is 12.1 Å². The fraction of sp³-hybridized carbons (Fsp3) is 0.111. The van der Waals surface area contributed by atoms with Gasteiger partial charge >= 0.3 is 0 Å². The Balaban J connectivity index is 3.39. The van der Waals surface area contributed by atoms with Crippen molar-refractivity contribution >= 4 is 17.3 Å². The van der Waals surface area contributed by atoms with Crippen molar-refractivity contribution in [3.8, 4) is 12.3 Å². The zero-order chi connectivity index (χ0) is 8.43. The van der Waals surface area contributed by atoms with Crippen LogP contribution in [-0.4, -0.2) is 0 Å². The fourth-order valence-electron chi connectivity index (χ4n) is 0.850. The molecule has 0 fully saturated rings. The standard InChI is InChI=1S/C9H8ClN/c1-3-7-4-8(10)5-9(11)6(7)2/h1,4-5H,11H2,2H3. The van der Waals surface area contributed by atoms with Gasteiger partial charge in [-0.2, -0.15) is 0 Å². The maximum Gasteiger partial charge on any atom is 0.0439 e. The summed E-state index contributed by atoms with van der Waals surface area (Å²) in [7, 11) is 0. The maximum atomic E-state index is 5.73. The van der Waals surface area contributed by atoms with Crippen molar-refractivity contribution < 1.29 is 0 Å². The minimum atomic E-state index is 0.584. The topological polar surface area (TPSA) is 26.0 Å². The number of benzene rings is 1. The first-order valence-electron chi connectivity index (χ1n) is 3.17. The van der Waals surface area contributed by atoms with Gasteiger partial charge in [0.2, 0.25) is 0 Å². The number of halogens is 1. The minimum Gasteiger partial charge on any atom is -0.398 e. The first-order chi connectivity index (χ1) is 5.15. The van der Waals surface area contributed by atoms with E-state index in [2.05, 4.69) is 5.92 Å². The van der Waals surface area contributed by atoms with Crippen LogP contribution in [0.4, 0.5) is 5.69 Å². The summed E-state index contributed by atoms with van der Waals surface area (Å²) < 4.78 is 0. The lowest BCUT2D eigenvalue weighted by Crippen LogP contribution is -1.92. The molecule has 56 valence electrons. The van der Waals surface area contributed by atoms with Gasteiger partial charge in [-0.3, -0.25) is 0 Å². The van der Waals surface area contributed by atoms with Crippen LogP contribution in [0.2, 0.25) is 5.02 Å². The second kappa shape index (κ2) is 2.86. The Morgan fingerprint density at radius 1 is 1.55 bits per heavy atom. The lowest BCUT2D eigenvalue weighted by Gasteiger charge is -2.02. The molecule has 0 bridgehead atoms. The molecule has 0 aliphatic rings. The molecule has 2 N–H and O–H groups in total. The molecule has 0 saturated heterocycles. The van der Waals surface area contributed by atoms with Crippen LogP contribution >= 0.6 is 11.6 Å². The SMILES string of the molecule is C#Cc1cc(Cl)cc(N)c1C. The molecule has 0 saturated carbocycles. The average molecular weight is 166 g/mol. The summed E-state index contributed by atoms with van der Waals surface area (Å²) in [4.78, 5) is 0. The van der Waals surface area contributed by atoms with Gasteiger partial charge in [-0.1, -0.05) is 17.5 Å². The van der Waals surface area contributed by atoms with Crippen molar-refractivity contribution in [2.75, 3.05) is 5.73 Å². The summed E-state index contributed by atoms with van der Waals surface area (Å²) in [5.41, 5.74) is 7.93. The molecule has 0 radical (unpaired) electrons. The van der Waals surface area contributed by atoms with E-state index in [1.807, 2.05) is 6.92 Å². The molecule has 1 nitrogen and oxygen atoms in total. The van der Waals surface area contributed by atoms with Crippen LogP contribution in [0.1, 0.15) is 11.1 Å². The molecule has 0 spiro atoms. The number of nitrogens with two attached hydrogens (primary N) is 1. The van der Waals surface area contributed by atoms with E-state index in [9.17, 15) is 0 Å². The molecule has 11 heavy (non-hydrogen) atoms. The Hall–Kier alpha value is -1.13. The summed E-state index contributed by atoms with van der Waals surface area (Å²) in [5.74, 6) is 2.51. The molecule has 0 unspecified atom stereocenters. The third kappa shape index (κ3) is 1.47. The van der Waals surface area contributed by atoms with Gasteiger partial charge in [0.05, 0.1) is 0 Å². The van der Waals surface area contributed by atoms with Crippen molar-refractivity contribution in [2.45, 2.75) is 6.92 Å². The van der Waals surface area contributed by atoms with Gasteiger partial charge in [0, 0.05) is 16.3 Å². The Kier molecular flexibility index (Phi) is 2.07. The van der Waals surface area contributed by atoms with Gasteiger partial charge in [0.1, 0.15) is 0 Å². The largest absolute Gasteiger partial charge is 0.398 e. The van der Waals surface area contributed by atoms with Crippen molar-refractivity contribution in [3.05, 3.63) is 28.3 Å². The van der Waals surface area contributed by atoms with E-state index >= 15 is 0 Å². The molecule has 0 aromatic heterocycles. The number of nitrogen functional groups attached to an aromatic ring is 1. The summed E-state index contributed by atoms with van der Waals surface area (Å²) in [6.07, 6.45) is 5.22. The van der Waals surface area contributed by atoms with E-state index in [0.29, 0.717) is 10.7 Å². The summed E-state index contributed by atoms with van der Waals surface area (Å²) in [6.45, 7) is 1.88. The smallest absolute Gasteiger partial charge is 0.0439 e. The number of terminal acetylenes is 1. The summed E-state index contributed by atoms with van der Waals surface area (Å²) in [5, 5.41) is 0.584. The first-order valence-corrected chi connectivity index (χ1v) is 3.55. The molecule has 1 rings (SSSR count). The lowest BCUT2D eigenvalue weighted by atomic mass is 10.1. The molecule has 0 aliphatic carbocycles. The zero-order valence-corrected chi connectivity index (χ0v) is 6.94. The highest BCUT2D eigenvalue weighted by Crippen LogP contribution is 2.21. The van der Waals surface area contributed by atoms with Crippen molar-refractivity contribution in [1.29, 1.82) is 0 Å². The monoisotopic (exact) mass is 165 g/mol. The molecule has 0 amide bonds. The first kappa shape index (κ1) is 7.97. The maximum absolute atomic E-state index is 5.73. The third-order valence-electron chi connectivity index (χ3n) is 1.57. The fourth-order valence-corrected chi connectivity index (χ4v) is 1.08. The highest BCUT2D eigenvalue weighted by Gasteiger charge is 2.00. The third-order valence-corrected chi connectivity index (χ3v) is 1.79. The Labute approximate surface area is 71.2 Å². The minimum absolute atomic E-state index is 0.584. The highest BCUT2D eigenvalue weighted by atomic mass is 35.5. The quantitative estimate of drug-likeness (QED) is 0.463. The van der Waals surface area contributed by atoms with Gasteiger partial charge in [-0.05, 0) is 24.6 Å². The molecular formula is C9H8ClN. The second-order valence-corrected chi connectivity index (χ2v) is 2.75. The van der Waals surface area contributed by atoms with E-state index in [1.165, 1.54) is 0 Å². The Morgan fingerprint density at radius 3 is 2.73 bits per heavy atom. The molecule has 1 aromatic rings. The predicted octanol–water partition coefficient (Wildman–Crippen LogP) is 2.21. The zero-order valence-electron chi connectivity index (χ0n) is 6.19. The highest BCUT2D eigenvalue weighted by molar-refractivity contribution is 6.31. The van der Waals surface area contributed by atoms with Crippen LogP contribution in [0.3, 0.4) is 0 Å². The normalized spacial score (nSPS) is 9.18. The van der Waals surface area contributed by atoms with Gasteiger partial charge < -0.3 is 5.73 Å². The van der Waals surface area contributed by atoms with E-state index < -0.39 is 0 Å². The number of anilines is 1. The molecule has 2 heteroatoms. The van der Waals surface area contributed by atoms with E-state index in [-0.39, 0.29) is 0 Å². The van der Waals surface area contributed by atoms with Gasteiger partial charge in [-0.25, -0.2) is 0 Å². The summed E-state index contributed by atoms with van der Waals surface area (Å²) >= 11 is 5.73. The van der Waals surface area contributed by atoms with E-state index in [0.717, 1.165) is 11.1 Å². The number of rotatable bonds is 0. The average Bonchev–Trinajstić information content (AvgIpc) is 1.96. The lowest BCUT2D eigenvalue weighted by molar-refractivity contribution is 1.44. The van der Waals surface area contributed by atoms with Crippen molar-refractivity contribution in [2.24, 2.45) is 0 Å². The molecular weight excluding hydrogens is 158 g/mol. The van der Waals surface area contributed by atoms with Crippen LogP contribution in [-0.2, 0) is 0 Å².